The molecule has 0 aromatic carbocycles. The van der Waals surface area contributed by atoms with Crippen molar-refractivity contribution in [3.63, 3.8) is 0 Å². The van der Waals surface area contributed by atoms with Gasteiger partial charge in [-0.3, -0.25) is 8.97 Å². The third-order valence-electron chi connectivity index (χ3n) is 7.98. The highest BCUT2D eigenvalue weighted by Crippen LogP contribution is 2.51. The minimum absolute atomic E-state index is 0.00382. The number of ether oxygens (including phenoxy) is 2. The van der Waals surface area contributed by atoms with E-state index in [1.165, 1.54) is 17.2 Å². The first-order valence-electron chi connectivity index (χ1n) is 13.3. The molecule has 0 spiro atoms. The summed E-state index contributed by atoms with van der Waals surface area (Å²) in [6.07, 6.45) is 7.51. The first-order chi connectivity index (χ1) is 20.3. The van der Waals surface area contributed by atoms with Gasteiger partial charge in [-0.2, -0.15) is 0 Å². The highest BCUT2D eigenvalue weighted by atomic mass is 32.5. The van der Waals surface area contributed by atoms with E-state index >= 15 is 0 Å². The number of hydrogen-bond donors (Lipinski definition) is 2. The van der Waals surface area contributed by atoms with Crippen molar-refractivity contribution in [2.24, 2.45) is 11.8 Å². The number of fused-ring (bicyclic) bond motifs is 4. The standard InChI is InChI=1S/C24H28FN10O5PS/c1-37-6-13-4-17(34-11-31-19-21-27-2-3-33(21)10-32-23(19)34)15(13)8-39-41(36,42)38-7-14-5-16(25)24(40-14)35-12-30-18-20(26)28-9-29-22(18)35/h2-3,9-17,24H,4-8H2,1H3,(H,36,42)(H2,26,28,29)/t13-,14+,15-,16-,17-,24-,41?/m1/s1. The van der Waals surface area contributed by atoms with Crippen LogP contribution in [-0.4, -0.2) is 87.5 Å². The van der Waals surface area contributed by atoms with Gasteiger partial charge in [-0.25, -0.2) is 34.3 Å². The molecule has 0 radical (unpaired) electrons. The molecule has 1 saturated heterocycles. The van der Waals surface area contributed by atoms with Crippen molar-refractivity contribution in [1.29, 1.82) is 0 Å². The van der Waals surface area contributed by atoms with Gasteiger partial charge >= 0.3 is 6.72 Å². The van der Waals surface area contributed by atoms with Crippen LogP contribution in [0.4, 0.5) is 10.2 Å². The maximum atomic E-state index is 15.0. The number of imidazole rings is 3. The van der Waals surface area contributed by atoms with Crippen LogP contribution in [0.5, 0.6) is 0 Å². The highest BCUT2D eigenvalue weighted by Gasteiger charge is 2.44. The second-order valence-electron chi connectivity index (χ2n) is 10.5. The molecule has 3 N–H and O–H groups in total. The van der Waals surface area contributed by atoms with Gasteiger partial charge in [0, 0.05) is 44.5 Å². The van der Waals surface area contributed by atoms with Crippen LogP contribution in [0.2, 0.25) is 0 Å². The molecule has 15 nitrogen and oxygen atoms in total. The Morgan fingerprint density at radius 3 is 2.64 bits per heavy atom. The number of aromatic nitrogens is 9. The van der Waals surface area contributed by atoms with E-state index in [9.17, 15) is 9.28 Å². The maximum Gasteiger partial charge on any atom is 0.324 e. The average Bonchev–Trinajstić information content (AvgIpc) is 3.75. The summed E-state index contributed by atoms with van der Waals surface area (Å²) in [6.45, 7) is -3.14. The van der Waals surface area contributed by atoms with Crippen molar-refractivity contribution in [2.45, 2.75) is 37.4 Å². The van der Waals surface area contributed by atoms with E-state index in [1.807, 2.05) is 15.2 Å². The molecule has 0 bridgehead atoms. The fourth-order valence-electron chi connectivity index (χ4n) is 5.84. The fourth-order valence-corrected chi connectivity index (χ4v) is 7.00. The molecule has 1 saturated carbocycles. The van der Waals surface area contributed by atoms with Crippen LogP contribution >= 0.6 is 6.72 Å². The van der Waals surface area contributed by atoms with E-state index in [4.69, 9.17) is 36.1 Å². The highest BCUT2D eigenvalue weighted by molar-refractivity contribution is 8.07. The summed E-state index contributed by atoms with van der Waals surface area (Å²) in [6, 6.07) is 0.00382. The zero-order valence-corrected chi connectivity index (χ0v) is 24.1. The number of nitrogens with zero attached hydrogens (tertiary/aromatic N) is 9. The molecule has 0 amide bonds. The van der Waals surface area contributed by atoms with E-state index < -0.39 is 25.2 Å². The third-order valence-corrected chi connectivity index (χ3v) is 9.56. The van der Waals surface area contributed by atoms with Crippen LogP contribution in [0, 0.1) is 11.8 Å². The molecule has 42 heavy (non-hydrogen) atoms. The Bertz CT molecular complexity index is 1800. The maximum absolute atomic E-state index is 15.0. The summed E-state index contributed by atoms with van der Waals surface area (Å²) in [5.74, 6) is 0.334. The van der Waals surface area contributed by atoms with Gasteiger partial charge in [-0.1, -0.05) is 0 Å². The van der Waals surface area contributed by atoms with Crippen LogP contribution < -0.4 is 5.73 Å². The largest absolute Gasteiger partial charge is 0.384 e. The SMILES string of the molecule is COC[C@H]1C[C@@H](n2cnc3c2ncn2ccnc32)[C@@H]1COP(O)(=S)OC[C@@H]1C[C@@H](F)[C@H](n2cnc3c(N)ncnc32)O1. The predicted molar refractivity (Wildman–Crippen MR) is 150 cm³/mol. The van der Waals surface area contributed by atoms with Gasteiger partial charge in [0.2, 0.25) is 0 Å². The topological polar surface area (TPSA) is 175 Å². The van der Waals surface area contributed by atoms with Gasteiger partial charge in [-0.15, -0.1) is 0 Å². The van der Waals surface area contributed by atoms with Gasteiger partial charge in [0.25, 0.3) is 0 Å². The summed E-state index contributed by atoms with van der Waals surface area (Å²) in [7, 11) is 1.65. The Kier molecular flexibility index (Phi) is 7.12. The zero-order valence-electron chi connectivity index (χ0n) is 22.4. The van der Waals surface area contributed by atoms with Crippen LogP contribution in [-0.2, 0) is 30.3 Å². The monoisotopic (exact) mass is 618 g/mol. The second kappa shape index (κ2) is 10.8. The van der Waals surface area contributed by atoms with Gasteiger partial charge in [-0.05, 0) is 24.1 Å². The predicted octanol–water partition coefficient (Wildman–Crippen LogP) is 2.20. The third kappa shape index (κ3) is 4.84. The zero-order chi connectivity index (χ0) is 29.0. The van der Waals surface area contributed by atoms with Crippen LogP contribution in [0.1, 0.15) is 25.1 Å². The number of nitrogens with two attached hydrogens (primary N) is 1. The summed E-state index contributed by atoms with van der Waals surface area (Å²) >= 11 is 5.30. The molecule has 2 aliphatic rings. The molecule has 7 atom stereocenters. The molecule has 7 rings (SSSR count). The second-order valence-corrected chi connectivity index (χ2v) is 13.3. The van der Waals surface area contributed by atoms with E-state index in [-0.39, 0.29) is 43.3 Å². The summed E-state index contributed by atoms with van der Waals surface area (Å²) in [4.78, 5) is 36.6. The number of rotatable bonds is 10. The molecule has 1 aliphatic carbocycles. The smallest absolute Gasteiger partial charge is 0.324 e. The lowest BCUT2D eigenvalue weighted by Gasteiger charge is -2.45. The van der Waals surface area contributed by atoms with Crippen molar-refractivity contribution in [1.82, 2.24) is 43.4 Å². The van der Waals surface area contributed by atoms with E-state index in [0.717, 1.165) is 12.1 Å². The van der Waals surface area contributed by atoms with Crippen molar-refractivity contribution in [2.75, 3.05) is 32.7 Å². The lowest BCUT2D eigenvalue weighted by atomic mass is 9.70. The summed E-state index contributed by atoms with van der Waals surface area (Å²) in [5, 5.41) is 0. The number of halogens is 1. The summed E-state index contributed by atoms with van der Waals surface area (Å²) in [5.41, 5.74) is 8.71. The molecular formula is C24H28FN10O5PS. The summed E-state index contributed by atoms with van der Waals surface area (Å²) < 4.78 is 43.0. The Balaban J connectivity index is 0.996. The molecule has 5 aromatic rings. The molecule has 5 aromatic heterocycles. The van der Waals surface area contributed by atoms with Crippen molar-refractivity contribution >= 4 is 52.3 Å². The number of methoxy groups -OCH3 is 1. The normalized spacial score (nSPS) is 27.6. The average molecular weight is 619 g/mol. The molecular weight excluding hydrogens is 590 g/mol. The quantitative estimate of drug-likeness (QED) is 0.218. The molecule has 222 valence electrons. The Labute approximate surface area is 243 Å². The number of hydrogen-bond acceptors (Lipinski definition) is 12. The number of alkyl halides is 1. The van der Waals surface area contributed by atoms with Gasteiger partial charge < -0.3 is 33.7 Å². The van der Waals surface area contributed by atoms with Crippen molar-refractivity contribution in [3.05, 3.63) is 37.7 Å². The van der Waals surface area contributed by atoms with Crippen molar-refractivity contribution < 1.29 is 27.8 Å². The minimum Gasteiger partial charge on any atom is -0.384 e. The van der Waals surface area contributed by atoms with E-state index in [2.05, 4.69) is 29.9 Å². The Hall–Kier alpha value is -3.18. The fraction of sp³-hybridized carbons (Fsp3) is 0.500. The van der Waals surface area contributed by atoms with Crippen LogP contribution in [0.25, 0.3) is 28.0 Å². The first-order valence-corrected chi connectivity index (χ1v) is 15.9. The Morgan fingerprint density at radius 2 is 1.79 bits per heavy atom. The van der Waals surface area contributed by atoms with Gasteiger partial charge in [0.15, 0.2) is 34.5 Å². The number of nitrogen functional groups attached to an aromatic ring is 1. The minimum atomic E-state index is -3.66. The first kappa shape index (κ1) is 27.6. The van der Waals surface area contributed by atoms with Crippen LogP contribution in [0.15, 0.2) is 37.7 Å². The molecule has 1 aliphatic heterocycles. The van der Waals surface area contributed by atoms with Crippen LogP contribution in [0.3, 0.4) is 0 Å². The van der Waals surface area contributed by atoms with E-state index in [1.54, 1.807) is 26.0 Å². The lowest BCUT2D eigenvalue weighted by molar-refractivity contribution is -0.0378. The van der Waals surface area contributed by atoms with Crippen molar-refractivity contribution in [3.8, 4) is 0 Å². The molecule has 2 fully saturated rings. The molecule has 6 heterocycles. The Morgan fingerprint density at radius 1 is 1.00 bits per heavy atom. The lowest BCUT2D eigenvalue weighted by Crippen LogP contribution is -2.43. The van der Waals surface area contributed by atoms with Gasteiger partial charge in [0.05, 0.1) is 32.0 Å². The molecule has 18 heteroatoms. The number of anilines is 1. The molecule has 1 unspecified atom stereocenters. The van der Waals surface area contributed by atoms with E-state index in [0.29, 0.717) is 28.9 Å². The van der Waals surface area contributed by atoms with Gasteiger partial charge in [0.1, 0.15) is 24.3 Å².